The second-order valence-corrected chi connectivity index (χ2v) is 5.14. The van der Waals surface area contributed by atoms with Gasteiger partial charge in [-0.15, -0.1) is 0 Å². The minimum atomic E-state index is 0.685. The first-order valence-corrected chi connectivity index (χ1v) is 6.87. The number of halogens is 1. The maximum absolute atomic E-state index is 6.13. The molecule has 0 bridgehead atoms. The molecule has 3 nitrogen and oxygen atoms in total. The first-order valence-electron chi connectivity index (χ1n) is 5.51. The second kappa shape index (κ2) is 5.56. The van der Waals surface area contributed by atoms with Gasteiger partial charge >= 0.3 is 0 Å². The van der Waals surface area contributed by atoms with Crippen molar-refractivity contribution in [2.75, 3.05) is 5.75 Å². The molecule has 0 radical (unpaired) electrons. The Morgan fingerprint density at radius 2 is 2.12 bits per heavy atom. The van der Waals surface area contributed by atoms with E-state index in [0.29, 0.717) is 10.8 Å². The van der Waals surface area contributed by atoms with Gasteiger partial charge in [0.05, 0.1) is 5.02 Å². The predicted molar refractivity (Wildman–Crippen MR) is 72.5 cm³/mol. The van der Waals surface area contributed by atoms with Gasteiger partial charge in [0, 0.05) is 18.4 Å². The standard InChI is InChI=1S/C12H14ClN3S/c1-3-8-17-12-14-11(15-16(12)2)9-6-4-5-7-10(9)13/h4-7H,3,8H2,1-2H3. The Labute approximate surface area is 110 Å². The summed E-state index contributed by atoms with van der Waals surface area (Å²) in [7, 11) is 1.91. The number of aromatic nitrogens is 3. The van der Waals surface area contributed by atoms with Gasteiger partial charge in [-0.1, -0.05) is 42.4 Å². The maximum Gasteiger partial charge on any atom is 0.186 e. The summed E-state index contributed by atoms with van der Waals surface area (Å²) < 4.78 is 1.80. The van der Waals surface area contributed by atoms with Crippen molar-refractivity contribution in [1.82, 2.24) is 14.8 Å². The number of rotatable bonds is 4. The SMILES string of the molecule is CCCSc1nc(-c2ccccc2Cl)nn1C. The van der Waals surface area contributed by atoms with Crippen LogP contribution in [0, 0.1) is 0 Å². The summed E-state index contributed by atoms with van der Waals surface area (Å²) in [5, 5.41) is 6.01. The Morgan fingerprint density at radius 1 is 1.35 bits per heavy atom. The van der Waals surface area contributed by atoms with Gasteiger partial charge in [-0.2, -0.15) is 5.10 Å². The van der Waals surface area contributed by atoms with Crippen molar-refractivity contribution in [3.8, 4) is 11.4 Å². The van der Waals surface area contributed by atoms with Crippen molar-refractivity contribution in [1.29, 1.82) is 0 Å². The van der Waals surface area contributed by atoms with E-state index in [2.05, 4.69) is 17.0 Å². The molecule has 0 unspecified atom stereocenters. The van der Waals surface area contributed by atoms with Crippen LogP contribution in [0.5, 0.6) is 0 Å². The largest absolute Gasteiger partial charge is 0.243 e. The minimum Gasteiger partial charge on any atom is -0.243 e. The highest BCUT2D eigenvalue weighted by molar-refractivity contribution is 7.99. The van der Waals surface area contributed by atoms with Crippen LogP contribution >= 0.6 is 23.4 Å². The molecule has 5 heteroatoms. The van der Waals surface area contributed by atoms with E-state index in [9.17, 15) is 0 Å². The summed E-state index contributed by atoms with van der Waals surface area (Å²) in [5.41, 5.74) is 0.883. The summed E-state index contributed by atoms with van der Waals surface area (Å²) in [6, 6.07) is 7.63. The van der Waals surface area contributed by atoms with Gasteiger partial charge < -0.3 is 0 Å². The molecule has 90 valence electrons. The van der Waals surface area contributed by atoms with E-state index in [-0.39, 0.29) is 0 Å². The Kier molecular flexibility index (Phi) is 4.07. The summed E-state index contributed by atoms with van der Waals surface area (Å²) in [5.74, 6) is 1.74. The highest BCUT2D eigenvalue weighted by Crippen LogP contribution is 2.26. The summed E-state index contributed by atoms with van der Waals surface area (Å²) in [4.78, 5) is 4.51. The third-order valence-corrected chi connectivity index (χ3v) is 3.83. The Balaban J connectivity index is 2.31. The fourth-order valence-corrected chi connectivity index (χ4v) is 2.43. The van der Waals surface area contributed by atoms with E-state index >= 15 is 0 Å². The van der Waals surface area contributed by atoms with Crippen molar-refractivity contribution in [2.45, 2.75) is 18.5 Å². The third-order valence-electron chi connectivity index (χ3n) is 2.27. The molecule has 0 spiro atoms. The third kappa shape index (κ3) is 2.82. The quantitative estimate of drug-likeness (QED) is 0.793. The van der Waals surface area contributed by atoms with E-state index < -0.39 is 0 Å². The fourth-order valence-electron chi connectivity index (χ4n) is 1.45. The smallest absolute Gasteiger partial charge is 0.186 e. The summed E-state index contributed by atoms with van der Waals surface area (Å²) in [6.07, 6.45) is 1.12. The van der Waals surface area contributed by atoms with Crippen molar-refractivity contribution in [3.05, 3.63) is 29.3 Å². The van der Waals surface area contributed by atoms with E-state index in [1.165, 1.54) is 0 Å². The van der Waals surface area contributed by atoms with Gasteiger partial charge in [-0.05, 0) is 18.6 Å². The molecule has 2 aromatic rings. The molecule has 0 aliphatic heterocycles. The molecule has 0 saturated heterocycles. The van der Waals surface area contributed by atoms with E-state index in [4.69, 9.17) is 11.6 Å². The van der Waals surface area contributed by atoms with Crippen LogP contribution in [0.2, 0.25) is 5.02 Å². The number of thioether (sulfide) groups is 1. The van der Waals surface area contributed by atoms with Crippen LogP contribution in [0.25, 0.3) is 11.4 Å². The molecule has 0 amide bonds. The van der Waals surface area contributed by atoms with Crippen LogP contribution in [0.4, 0.5) is 0 Å². The lowest BCUT2D eigenvalue weighted by Crippen LogP contribution is -1.93. The minimum absolute atomic E-state index is 0.685. The zero-order chi connectivity index (χ0) is 12.3. The predicted octanol–water partition coefficient (Wildman–Crippen LogP) is 3.64. The van der Waals surface area contributed by atoms with Crippen LogP contribution in [-0.2, 0) is 7.05 Å². The molecule has 1 aromatic heterocycles. The Morgan fingerprint density at radius 3 is 2.82 bits per heavy atom. The summed E-state index contributed by atoms with van der Waals surface area (Å²) in [6.45, 7) is 2.15. The first-order chi connectivity index (χ1) is 8.22. The van der Waals surface area contributed by atoms with Crippen molar-refractivity contribution < 1.29 is 0 Å². The highest BCUT2D eigenvalue weighted by atomic mass is 35.5. The van der Waals surface area contributed by atoms with E-state index in [0.717, 1.165) is 22.9 Å². The molecule has 1 aromatic carbocycles. The number of hydrogen-bond acceptors (Lipinski definition) is 3. The van der Waals surface area contributed by atoms with Gasteiger partial charge in [-0.25, -0.2) is 9.67 Å². The normalized spacial score (nSPS) is 10.8. The van der Waals surface area contributed by atoms with Crippen molar-refractivity contribution >= 4 is 23.4 Å². The lowest BCUT2D eigenvalue weighted by Gasteiger charge is -1.96. The lowest BCUT2D eigenvalue weighted by molar-refractivity contribution is 0.686. The molecule has 17 heavy (non-hydrogen) atoms. The summed E-state index contributed by atoms with van der Waals surface area (Å²) >= 11 is 7.84. The molecule has 2 rings (SSSR count). The van der Waals surface area contributed by atoms with E-state index in [1.54, 1.807) is 16.4 Å². The Bertz CT molecular complexity index is 510. The van der Waals surface area contributed by atoms with Crippen molar-refractivity contribution in [3.63, 3.8) is 0 Å². The molecule has 0 N–H and O–H groups in total. The number of hydrogen-bond donors (Lipinski definition) is 0. The lowest BCUT2D eigenvalue weighted by atomic mass is 10.2. The van der Waals surface area contributed by atoms with Crippen molar-refractivity contribution in [2.24, 2.45) is 7.05 Å². The van der Waals surface area contributed by atoms with Gasteiger partial charge in [-0.3, -0.25) is 0 Å². The Hall–Kier alpha value is -1.00. The maximum atomic E-state index is 6.13. The molecule has 0 aliphatic rings. The molecule has 1 heterocycles. The number of aryl methyl sites for hydroxylation is 1. The van der Waals surface area contributed by atoms with Gasteiger partial charge in [0.15, 0.2) is 11.0 Å². The number of nitrogens with zero attached hydrogens (tertiary/aromatic N) is 3. The van der Waals surface area contributed by atoms with Gasteiger partial charge in [0.1, 0.15) is 0 Å². The van der Waals surface area contributed by atoms with Gasteiger partial charge in [0.25, 0.3) is 0 Å². The van der Waals surface area contributed by atoms with Crippen LogP contribution in [0.1, 0.15) is 13.3 Å². The van der Waals surface area contributed by atoms with Crippen LogP contribution < -0.4 is 0 Å². The monoisotopic (exact) mass is 267 g/mol. The van der Waals surface area contributed by atoms with Crippen LogP contribution in [0.15, 0.2) is 29.4 Å². The average Bonchev–Trinajstić information content (AvgIpc) is 2.68. The molecule has 0 aliphatic carbocycles. The second-order valence-electron chi connectivity index (χ2n) is 3.67. The van der Waals surface area contributed by atoms with E-state index in [1.807, 2.05) is 31.3 Å². The average molecular weight is 268 g/mol. The number of benzene rings is 1. The van der Waals surface area contributed by atoms with Crippen LogP contribution in [-0.4, -0.2) is 20.5 Å². The zero-order valence-corrected chi connectivity index (χ0v) is 11.4. The highest BCUT2D eigenvalue weighted by Gasteiger charge is 2.11. The van der Waals surface area contributed by atoms with Gasteiger partial charge in [0.2, 0.25) is 0 Å². The first kappa shape index (κ1) is 12.5. The fraction of sp³-hybridized carbons (Fsp3) is 0.333. The molecular formula is C12H14ClN3S. The topological polar surface area (TPSA) is 30.7 Å². The molecule has 0 fully saturated rings. The molecular weight excluding hydrogens is 254 g/mol. The molecule has 0 atom stereocenters. The molecule has 0 saturated carbocycles. The van der Waals surface area contributed by atoms with Crippen LogP contribution in [0.3, 0.4) is 0 Å². The zero-order valence-electron chi connectivity index (χ0n) is 9.85.